The molecule has 0 heterocycles. The molecular weight excluding hydrogens is 392 g/mol. The number of methoxy groups -OCH3 is 1. The molecule has 1 N–H and O–H groups in total. The largest absolute Gasteiger partial charge is 0.547 e. The summed E-state index contributed by atoms with van der Waals surface area (Å²) in [5.74, 6) is 0.941. The SMILES string of the molecule is C=C(C)[C@H]1[C@@H](OC)CC2=C(O[Si](C)(C)C(C)(C)C)C[C@@H]3C(O)C=C(C)C(=O)[C@]3(C)[C@@H]21. The zero-order valence-electron chi connectivity index (χ0n) is 20.3. The lowest BCUT2D eigenvalue weighted by molar-refractivity contribution is -0.137. The van der Waals surface area contributed by atoms with Crippen molar-refractivity contribution in [1.82, 2.24) is 0 Å². The zero-order valence-corrected chi connectivity index (χ0v) is 21.3. The number of Topliss-reactive ketones (excluding diaryl/α,β-unsaturated/α-hetero) is 1. The van der Waals surface area contributed by atoms with Crippen molar-refractivity contribution in [3.63, 3.8) is 0 Å². The van der Waals surface area contributed by atoms with Crippen molar-refractivity contribution in [2.24, 2.45) is 23.2 Å². The lowest BCUT2D eigenvalue weighted by Gasteiger charge is -2.52. The summed E-state index contributed by atoms with van der Waals surface area (Å²) in [6.07, 6.45) is 2.43. The summed E-state index contributed by atoms with van der Waals surface area (Å²) in [6, 6.07) is 0. The normalized spacial score (nSPS) is 36.9. The van der Waals surface area contributed by atoms with Gasteiger partial charge in [-0.3, -0.25) is 4.79 Å². The van der Waals surface area contributed by atoms with Gasteiger partial charge in [-0.2, -0.15) is 0 Å². The molecule has 6 atom stereocenters. The highest BCUT2D eigenvalue weighted by molar-refractivity contribution is 6.74. The van der Waals surface area contributed by atoms with E-state index in [9.17, 15) is 9.90 Å². The van der Waals surface area contributed by atoms with Crippen LogP contribution in [0.5, 0.6) is 0 Å². The lowest BCUT2D eigenvalue weighted by Crippen LogP contribution is -2.55. The number of fused-ring (bicyclic) bond motifs is 3. The van der Waals surface area contributed by atoms with Crippen LogP contribution in [-0.4, -0.2) is 38.5 Å². The van der Waals surface area contributed by atoms with Gasteiger partial charge in [-0.15, -0.1) is 0 Å². The van der Waals surface area contributed by atoms with E-state index in [1.165, 1.54) is 5.57 Å². The van der Waals surface area contributed by atoms with Gasteiger partial charge in [0.15, 0.2) is 5.78 Å². The van der Waals surface area contributed by atoms with E-state index in [0.717, 1.165) is 17.8 Å². The van der Waals surface area contributed by atoms with Crippen molar-refractivity contribution in [1.29, 1.82) is 0 Å². The number of carbonyl (C=O) groups excluding carboxylic acids is 1. The van der Waals surface area contributed by atoms with Crippen molar-refractivity contribution in [3.8, 4) is 0 Å². The molecule has 0 aromatic rings. The third kappa shape index (κ3) is 3.37. The van der Waals surface area contributed by atoms with Crippen LogP contribution in [0.2, 0.25) is 18.1 Å². The van der Waals surface area contributed by atoms with Crippen LogP contribution < -0.4 is 0 Å². The van der Waals surface area contributed by atoms with E-state index in [4.69, 9.17) is 9.16 Å². The lowest BCUT2D eigenvalue weighted by atomic mass is 9.52. The maximum Gasteiger partial charge on any atom is 0.250 e. The number of rotatable bonds is 4. The number of allylic oxidation sites excluding steroid dienone is 2. The molecule has 5 heteroatoms. The molecule has 0 radical (unpaired) electrons. The first-order chi connectivity index (χ1) is 13.7. The topological polar surface area (TPSA) is 55.8 Å². The van der Waals surface area contributed by atoms with Crippen LogP contribution in [0.15, 0.2) is 35.1 Å². The van der Waals surface area contributed by atoms with E-state index in [1.807, 2.05) is 13.8 Å². The summed E-state index contributed by atoms with van der Waals surface area (Å²) in [5.41, 5.74) is 2.24. The van der Waals surface area contributed by atoms with Gasteiger partial charge in [0.25, 0.3) is 0 Å². The fraction of sp³-hybridized carbons (Fsp3) is 0.720. The molecule has 3 aliphatic rings. The van der Waals surface area contributed by atoms with Gasteiger partial charge >= 0.3 is 0 Å². The zero-order chi connectivity index (χ0) is 22.8. The average Bonchev–Trinajstić information content (AvgIpc) is 3.02. The monoisotopic (exact) mass is 432 g/mol. The molecule has 3 aliphatic carbocycles. The fourth-order valence-corrected chi connectivity index (χ4v) is 6.89. The standard InChI is InChI=1S/C25H40O4Si/c1-14(2)21-20(28-8)12-16-19(29-30(9,10)24(4,5)6)13-17-18(26)11-15(3)23(27)25(17,7)22(16)21/h11,17-18,20-22,26H,1,12-13H2,2-10H3/t17-,18?,20+,21+,22+,25+/m1/s1. The van der Waals surface area contributed by atoms with Crippen LogP contribution in [0.4, 0.5) is 0 Å². The molecule has 168 valence electrons. The molecule has 0 bridgehead atoms. The van der Waals surface area contributed by atoms with Gasteiger partial charge in [0.1, 0.15) is 0 Å². The van der Waals surface area contributed by atoms with Crippen molar-refractivity contribution in [3.05, 3.63) is 35.1 Å². The first kappa shape index (κ1) is 23.5. The third-order valence-electron chi connectivity index (χ3n) is 8.47. The van der Waals surface area contributed by atoms with Gasteiger partial charge in [0.2, 0.25) is 8.32 Å². The van der Waals surface area contributed by atoms with E-state index in [-0.39, 0.29) is 34.7 Å². The fourth-order valence-electron chi connectivity index (χ4n) is 5.76. The molecule has 0 aromatic carbocycles. The minimum Gasteiger partial charge on any atom is -0.547 e. The molecule has 0 saturated heterocycles. The van der Waals surface area contributed by atoms with Gasteiger partial charge in [0.05, 0.1) is 18.0 Å². The number of ether oxygens (including phenoxy) is 1. The first-order valence-corrected chi connectivity index (χ1v) is 14.1. The van der Waals surface area contributed by atoms with E-state index in [1.54, 1.807) is 13.2 Å². The molecule has 1 fully saturated rings. The van der Waals surface area contributed by atoms with Crippen LogP contribution >= 0.6 is 0 Å². The first-order valence-electron chi connectivity index (χ1n) is 11.2. The van der Waals surface area contributed by atoms with Crippen LogP contribution in [-0.2, 0) is 14.0 Å². The summed E-state index contributed by atoms with van der Waals surface area (Å²) >= 11 is 0. The van der Waals surface area contributed by atoms with Crippen LogP contribution in [0.1, 0.15) is 54.4 Å². The summed E-state index contributed by atoms with van der Waals surface area (Å²) in [7, 11) is -0.325. The van der Waals surface area contributed by atoms with Gasteiger partial charge in [-0.05, 0) is 55.6 Å². The van der Waals surface area contributed by atoms with Crippen LogP contribution in [0, 0.1) is 23.2 Å². The number of hydrogen-bond donors (Lipinski definition) is 1. The van der Waals surface area contributed by atoms with E-state index in [0.29, 0.717) is 12.0 Å². The maximum atomic E-state index is 13.6. The summed E-state index contributed by atoms with van der Waals surface area (Å²) in [6.45, 7) is 21.4. The quantitative estimate of drug-likeness (QED) is 0.477. The van der Waals surface area contributed by atoms with Gasteiger partial charge in [0, 0.05) is 36.7 Å². The molecule has 4 nitrogen and oxygen atoms in total. The van der Waals surface area contributed by atoms with E-state index < -0.39 is 19.8 Å². The summed E-state index contributed by atoms with van der Waals surface area (Å²) in [4.78, 5) is 13.6. The Kier molecular flexibility index (Phi) is 5.84. The predicted octanol–water partition coefficient (Wildman–Crippen LogP) is 5.41. The number of aliphatic hydroxyl groups is 1. The Labute approximate surface area is 183 Å². The van der Waals surface area contributed by atoms with Crippen molar-refractivity contribution >= 4 is 14.1 Å². The molecule has 30 heavy (non-hydrogen) atoms. The average molecular weight is 433 g/mol. The highest BCUT2D eigenvalue weighted by Gasteiger charge is 2.62. The highest BCUT2D eigenvalue weighted by atomic mass is 28.4. The summed E-state index contributed by atoms with van der Waals surface area (Å²) in [5, 5.41) is 11.1. The minimum atomic E-state index is -2.07. The minimum absolute atomic E-state index is 0.0211. The Bertz CT molecular complexity index is 815. The summed E-state index contributed by atoms with van der Waals surface area (Å²) < 4.78 is 12.8. The number of ketones is 1. The second kappa shape index (κ2) is 7.46. The predicted molar refractivity (Wildman–Crippen MR) is 124 cm³/mol. The van der Waals surface area contributed by atoms with Crippen LogP contribution in [0.25, 0.3) is 0 Å². The Balaban J connectivity index is 2.21. The maximum absolute atomic E-state index is 13.6. The Morgan fingerprint density at radius 2 is 1.90 bits per heavy atom. The van der Waals surface area contributed by atoms with Crippen molar-refractivity contribution in [2.75, 3.05) is 7.11 Å². The van der Waals surface area contributed by atoms with E-state index in [2.05, 4.69) is 47.4 Å². The molecule has 0 aromatic heterocycles. The molecule has 0 amide bonds. The molecule has 0 spiro atoms. The molecular formula is C25H40O4Si. The van der Waals surface area contributed by atoms with E-state index >= 15 is 0 Å². The van der Waals surface area contributed by atoms with Crippen molar-refractivity contribution < 1.29 is 19.1 Å². The smallest absolute Gasteiger partial charge is 0.250 e. The highest BCUT2D eigenvalue weighted by Crippen LogP contribution is 2.62. The molecule has 1 unspecified atom stereocenters. The third-order valence-corrected chi connectivity index (χ3v) is 12.8. The molecule has 0 aliphatic heterocycles. The van der Waals surface area contributed by atoms with Crippen LogP contribution in [0.3, 0.4) is 0 Å². The second-order valence-corrected chi connectivity index (χ2v) is 16.1. The van der Waals surface area contributed by atoms with Gasteiger partial charge in [-0.25, -0.2) is 0 Å². The number of carbonyl (C=O) groups is 1. The van der Waals surface area contributed by atoms with Gasteiger partial charge < -0.3 is 14.3 Å². The molecule has 3 rings (SSSR count). The second-order valence-electron chi connectivity index (χ2n) is 11.4. The number of hydrogen-bond acceptors (Lipinski definition) is 4. The Morgan fingerprint density at radius 3 is 2.40 bits per heavy atom. The Hall–Kier alpha value is -1.17. The van der Waals surface area contributed by atoms with Crippen molar-refractivity contribution in [2.45, 2.75) is 84.7 Å². The number of aliphatic hydroxyl groups excluding tert-OH is 1. The Morgan fingerprint density at radius 1 is 1.30 bits per heavy atom. The molecule has 1 saturated carbocycles. The van der Waals surface area contributed by atoms with Gasteiger partial charge in [-0.1, -0.05) is 39.8 Å².